The van der Waals surface area contributed by atoms with Gasteiger partial charge in [-0.05, 0) is 67.1 Å². The minimum absolute atomic E-state index is 0.0425. The molecule has 0 saturated carbocycles. The highest BCUT2D eigenvalue weighted by molar-refractivity contribution is 5.97. The first-order valence-corrected chi connectivity index (χ1v) is 9.89. The fourth-order valence-electron chi connectivity index (χ4n) is 2.80. The molecule has 0 spiro atoms. The van der Waals surface area contributed by atoms with Gasteiger partial charge in [0, 0.05) is 6.07 Å². The molecule has 0 bridgehead atoms. The number of aromatic hydroxyl groups is 2. The van der Waals surface area contributed by atoms with Gasteiger partial charge >= 0.3 is 5.97 Å². The Morgan fingerprint density at radius 1 is 1.00 bits per heavy atom. The van der Waals surface area contributed by atoms with Crippen molar-refractivity contribution in [2.24, 2.45) is 5.10 Å². The van der Waals surface area contributed by atoms with Gasteiger partial charge in [-0.15, -0.1) is 0 Å². The maximum Gasteiger partial charge on any atom is 0.343 e. The van der Waals surface area contributed by atoms with Crippen LogP contribution in [0.25, 0.3) is 0 Å². The lowest BCUT2D eigenvalue weighted by Gasteiger charge is -2.10. The number of carbonyl (C=O) groups excluding carboxylic acids is 2. The molecule has 3 aromatic rings. The van der Waals surface area contributed by atoms with Crippen LogP contribution in [0.4, 0.5) is 0 Å². The zero-order chi connectivity index (χ0) is 23.8. The van der Waals surface area contributed by atoms with Crippen LogP contribution in [0.2, 0.25) is 0 Å². The summed E-state index contributed by atoms with van der Waals surface area (Å²) < 4.78 is 16.1. The number of nitrogens with zero attached hydrogens (tertiary/aromatic N) is 1. The van der Waals surface area contributed by atoms with Crippen LogP contribution in [0.3, 0.4) is 0 Å². The van der Waals surface area contributed by atoms with Gasteiger partial charge in [-0.3, -0.25) is 4.79 Å². The molecule has 1 amide bonds. The van der Waals surface area contributed by atoms with Gasteiger partial charge in [0.15, 0.2) is 11.5 Å². The summed E-state index contributed by atoms with van der Waals surface area (Å²) in [5.41, 5.74) is 3.15. The first-order valence-electron chi connectivity index (χ1n) is 9.89. The quantitative estimate of drug-likeness (QED) is 0.207. The molecule has 0 aliphatic heterocycles. The molecule has 170 valence electrons. The average molecular weight is 450 g/mol. The molecular formula is C24H22N2O7. The molecule has 0 aliphatic rings. The molecule has 0 radical (unpaired) electrons. The van der Waals surface area contributed by atoms with Crippen molar-refractivity contribution in [1.82, 2.24) is 5.43 Å². The normalized spacial score (nSPS) is 10.6. The molecule has 0 aliphatic carbocycles. The molecule has 0 atom stereocenters. The van der Waals surface area contributed by atoms with E-state index in [1.165, 1.54) is 25.5 Å². The number of hydrogen-bond donors (Lipinski definition) is 3. The number of hydrazone groups is 1. The number of phenolic OH excluding ortho intramolecular Hbond substituents is 2. The summed E-state index contributed by atoms with van der Waals surface area (Å²) in [6, 6.07) is 14.9. The Labute approximate surface area is 189 Å². The minimum Gasteiger partial charge on any atom is -0.508 e. The van der Waals surface area contributed by atoms with E-state index in [9.17, 15) is 19.8 Å². The number of amides is 1. The number of methoxy groups -OCH3 is 1. The van der Waals surface area contributed by atoms with Crippen LogP contribution in [-0.2, 0) is 0 Å². The van der Waals surface area contributed by atoms with Crippen molar-refractivity contribution in [2.45, 2.75) is 6.92 Å². The highest BCUT2D eigenvalue weighted by Crippen LogP contribution is 2.28. The summed E-state index contributed by atoms with van der Waals surface area (Å²) in [5, 5.41) is 22.9. The van der Waals surface area contributed by atoms with Crippen molar-refractivity contribution in [1.29, 1.82) is 0 Å². The first-order chi connectivity index (χ1) is 15.9. The van der Waals surface area contributed by atoms with Crippen molar-refractivity contribution in [3.8, 4) is 28.7 Å². The minimum atomic E-state index is -0.656. The van der Waals surface area contributed by atoms with Crippen molar-refractivity contribution in [2.75, 3.05) is 13.7 Å². The second-order valence-corrected chi connectivity index (χ2v) is 6.66. The van der Waals surface area contributed by atoms with Crippen LogP contribution in [0.1, 0.15) is 33.2 Å². The second kappa shape index (κ2) is 10.7. The molecule has 0 saturated heterocycles. The average Bonchev–Trinajstić information content (AvgIpc) is 2.80. The van der Waals surface area contributed by atoms with Crippen LogP contribution in [0.5, 0.6) is 28.7 Å². The third kappa shape index (κ3) is 6.01. The van der Waals surface area contributed by atoms with Gasteiger partial charge in [-0.1, -0.05) is 0 Å². The molecule has 3 rings (SSSR count). The molecule has 0 heterocycles. The van der Waals surface area contributed by atoms with Gasteiger partial charge in [-0.25, -0.2) is 10.2 Å². The Morgan fingerprint density at radius 2 is 1.76 bits per heavy atom. The van der Waals surface area contributed by atoms with E-state index in [1.54, 1.807) is 42.5 Å². The standard InChI is InChI=1S/C24H22N2O7/c1-3-32-18-8-5-16(6-9-18)24(30)33-21-11-4-15(12-22(21)31-2)14-25-26-23(29)19-10-7-17(27)13-20(19)28/h4-14,27-28H,3H2,1-2H3,(H,26,29)/b25-14-. The molecule has 3 N–H and O–H groups in total. The van der Waals surface area contributed by atoms with E-state index in [4.69, 9.17) is 14.2 Å². The molecule has 0 aromatic heterocycles. The van der Waals surface area contributed by atoms with Crippen LogP contribution < -0.4 is 19.6 Å². The monoisotopic (exact) mass is 450 g/mol. The third-order valence-corrected chi connectivity index (χ3v) is 4.40. The summed E-state index contributed by atoms with van der Waals surface area (Å²) in [6.07, 6.45) is 1.36. The number of benzene rings is 3. The fraction of sp³-hybridized carbons (Fsp3) is 0.125. The molecule has 33 heavy (non-hydrogen) atoms. The zero-order valence-corrected chi connectivity index (χ0v) is 17.9. The van der Waals surface area contributed by atoms with Crippen molar-refractivity contribution in [3.63, 3.8) is 0 Å². The fourth-order valence-corrected chi connectivity index (χ4v) is 2.80. The van der Waals surface area contributed by atoms with E-state index in [0.717, 1.165) is 6.07 Å². The highest BCUT2D eigenvalue weighted by atomic mass is 16.6. The first kappa shape index (κ1) is 23.1. The maximum absolute atomic E-state index is 12.4. The number of carbonyl (C=O) groups is 2. The molecule has 0 fully saturated rings. The number of rotatable bonds is 8. The Balaban J connectivity index is 1.66. The van der Waals surface area contributed by atoms with Gasteiger partial charge < -0.3 is 24.4 Å². The summed E-state index contributed by atoms with van der Waals surface area (Å²) in [7, 11) is 1.43. The third-order valence-electron chi connectivity index (χ3n) is 4.40. The lowest BCUT2D eigenvalue weighted by Crippen LogP contribution is -2.17. The Hall–Kier alpha value is -4.53. The summed E-state index contributed by atoms with van der Waals surface area (Å²) >= 11 is 0. The molecule has 0 unspecified atom stereocenters. The number of esters is 1. The van der Waals surface area contributed by atoms with Crippen LogP contribution in [0, 0.1) is 0 Å². The number of nitrogens with one attached hydrogen (secondary N) is 1. The predicted octanol–water partition coefficient (Wildman–Crippen LogP) is 3.49. The molecular weight excluding hydrogens is 428 g/mol. The van der Waals surface area contributed by atoms with E-state index in [0.29, 0.717) is 29.2 Å². The van der Waals surface area contributed by atoms with E-state index < -0.39 is 11.9 Å². The van der Waals surface area contributed by atoms with Crippen molar-refractivity contribution in [3.05, 3.63) is 77.4 Å². The molecule has 9 nitrogen and oxygen atoms in total. The lowest BCUT2D eigenvalue weighted by molar-refractivity contribution is 0.0729. The number of phenols is 2. The van der Waals surface area contributed by atoms with Gasteiger partial charge in [0.2, 0.25) is 0 Å². The highest BCUT2D eigenvalue weighted by Gasteiger charge is 2.14. The predicted molar refractivity (Wildman–Crippen MR) is 120 cm³/mol. The van der Waals surface area contributed by atoms with Crippen molar-refractivity contribution < 1.29 is 34.0 Å². The maximum atomic E-state index is 12.4. The smallest absolute Gasteiger partial charge is 0.343 e. The van der Waals surface area contributed by atoms with E-state index in [2.05, 4.69) is 10.5 Å². The van der Waals surface area contributed by atoms with E-state index in [1.807, 2.05) is 6.92 Å². The molecule has 9 heteroatoms. The SMILES string of the molecule is CCOc1ccc(C(=O)Oc2ccc(/C=N\NC(=O)c3ccc(O)cc3O)cc2OC)cc1. The molecule has 3 aromatic carbocycles. The van der Waals surface area contributed by atoms with Crippen LogP contribution >= 0.6 is 0 Å². The van der Waals surface area contributed by atoms with Gasteiger partial charge in [0.1, 0.15) is 17.2 Å². The van der Waals surface area contributed by atoms with Crippen molar-refractivity contribution >= 4 is 18.1 Å². The van der Waals surface area contributed by atoms with Gasteiger partial charge in [0.05, 0.1) is 31.1 Å². The summed E-state index contributed by atoms with van der Waals surface area (Å²) in [6.45, 7) is 2.40. The topological polar surface area (TPSA) is 127 Å². The van der Waals surface area contributed by atoms with Crippen LogP contribution in [-0.4, -0.2) is 42.0 Å². The second-order valence-electron chi connectivity index (χ2n) is 6.66. The summed E-state index contributed by atoms with van der Waals surface area (Å²) in [4.78, 5) is 24.5. The number of ether oxygens (including phenoxy) is 3. The Morgan fingerprint density at radius 3 is 2.42 bits per heavy atom. The summed E-state index contributed by atoms with van der Waals surface area (Å²) in [5.74, 6) is -0.586. The van der Waals surface area contributed by atoms with E-state index in [-0.39, 0.29) is 22.8 Å². The van der Waals surface area contributed by atoms with Crippen LogP contribution in [0.15, 0.2) is 65.8 Å². The van der Waals surface area contributed by atoms with E-state index >= 15 is 0 Å². The van der Waals surface area contributed by atoms with Gasteiger partial charge in [-0.2, -0.15) is 5.10 Å². The Kier molecular flexibility index (Phi) is 7.48. The zero-order valence-electron chi connectivity index (χ0n) is 17.9. The lowest BCUT2D eigenvalue weighted by atomic mass is 10.2. The number of hydrogen-bond acceptors (Lipinski definition) is 8. The van der Waals surface area contributed by atoms with Gasteiger partial charge in [0.25, 0.3) is 5.91 Å². The Bertz CT molecular complexity index is 1170. The largest absolute Gasteiger partial charge is 0.508 e.